The molecule has 12 heavy (non-hydrogen) atoms. The van der Waals surface area contributed by atoms with Crippen LogP contribution in [-0.4, -0.2) is 16.7 Å². The smallest absolute Gasteiger partial charge is 0.341 e. The maximum absolute atomic E-state index is 13.3. The summed E-state index contributed by atoms with van der Waals surface area (Å²) in [5.74, 6) is -1.04. The molecule has 1 atom stereocenters. The van der Waals surface area contributed by atoms with Gasteiger partial charge in [0.1, 0.15) is 0 Å². The van der Waals surface area contributed by atoms with Crippen molar-refractivity contribution < 1.29 is 14.3 Å². The zero-order chi connectivity index (χ0) is 9.19. The van der Waals surface area contributed by atoms with E-state index in [4.69, 9.17) is 5.11 Å². The summed E-state index contributed by atoms with van der Waals surface area (Å²) in [5.41, 5.74) is -2.02. The number of hydrogen-bond acceptors (Lipinski definition) is 1. The van der Waals surface area contributed by atoms with E-state index < -0.39 is 11.6 Å². The fraction of sp³-hybridized carbons (Fsp3) is 0.889. The van der Waals surface area contributed by atoms with Crippen molar-refractivity contribution in [3.8, 4) is 0 Å². The van der Waals surface area contributed by atoms with Crippen molar-refractivity contribution in [2.24, 2.45) is 5.92 Å². The van der Waals surface area contributed by atoms with Crippen LogP contribution in [0.4, 0.5) is 4.39 Å². The number of alkyl halides is 1. The van der Waals surface area contributed by atoms with Gasteiger partial charge in [0, 0.05) is 0 Å². The number of carbonyl (C=O) groups is 1. The van der Waals surface area contributed by atoms with Crippen LogP contribution < -0.4 is 0 Å². The van der Waals surface area contributed by atoms with Crippen LogP contribution in [0.2, 0.25) is 0 Å². The van der Waals surface area contributed by atoms with Gasteiger partial charge in [0.25, 0.3) is 0 Å². The van der Waals surface area contributed by atoms with Crippen molar-refractivity contribution in [1.82, 2.24) is 0 Å². The van der Waals surface area contributed by atoms with Crippen LogP contribution in [0.25, 0.3) is 0 Å². The summed E-state index contributed by atoms with van der Waals surface area (Å²) in [7, 11) is 0. The Hall–Kier alpha value is -0.600. The molecule has 1 aliphatic carbocycles. The molecule has 1 saturated carbocycles. The van der Waals surface area contributed by atoms with Crippen LogP contribution in [0, 0.1) is 5.92 Å². The molecule has 0 spiro atoms. The van der Waals surface area contributed by atoms with Gasteiger partial charge in [0.05, 0.1) is 0 Å². The lowest BCUT2D eigenvalue weighted by Crippen LogP contribution is -2.31. The fourth-order valence-electron chi connectivity index (χ4n) is 1.84. The van der Waals surface area contributed by atoms with Crippen molar-refractivity contribution >= 4 is 5.97 Å². The second-order valence-corrected chi connectivity index (χ2v) is 3.86. The van der Waals surface area contributed by atoms with Crippen LogP contribution in [0.15, 0.2) is 0 Å². The Morgan fingerprint density at radius 2 is 2.08 bits per heavy atom. The van der Waals surface area contributed by atoms with E-state index in [1.54, 1.807) is 0 Å². The molecular formula is C9H15FO2. The normalized spacial score (nSPS) is 23.8. The third kappa shape index (κ3) is 2.19. The topological polar surface area (TPSA) is 37.3 Å². The van der Waals surface area contributed by atoms with Crippen molar-refractivity contribution in [2.75, 3.05) is 0 Å². The molecule has 0 bridgehead atoms. The van der Waals surface area contributed by atoms with Gasteiger partial charge in [-0.25, -0.2) is 9.18 Å². The number of carboxylic acids is 1. The third-order valence-corrected chi connectivity index (χ3v) is 2.59. The maximum atomic E-state index is 13.3. The number of hydrogen-bond donors (Lipinski definition) is 1. The van der Waals surface area contributed by atoms with Crippen LogP contribution in [-0.2, 0) is 4.79 Å². The molecule has 0 aliphatic heterocycles. The molecule has 0 saturated heterocycles. The van der Waals surface area contributed by atoms with Gasteiger partial charge >= 0.3 is 5.97 Å². The molecule has 1 N–H and O–H groups in total. The standard InChI is InChI=1S/C9H15FO2/c1-9(10,8(11)12)6-7-4-2-3-5-7/h7H,2-6H2,1H3,(H,11,12). The minimum absolute atomic E-state index is 0.183. The molecule has 0 aromatic heterocycles. The number of rotatable bonds is 3. The van der Waals surface area contributed by atoms with Gasteiger partial charge in [-0.1, -0.05) is 25.7 Å². The average Bonchev–Trinajstić information content (AvgIpc) is 2.38. The Labute approximate surface area is 71.8 Å². The van der Waals surface area contributed by atoms with Crippen molar-refractivity contribution in [3.05, 3.63) is 0 Å². The Morgan fingerprint density at radius 3 is 2.50 bits per heavy atom. The summed E-state index contributed by atoms with van der Waals surface area (Å²) < 4.78 is 13.3. The van der Waals surface area contributed by atoms with E-state index in [0.29, 0.717) is 0 Å². The van der Waals surface area contributed by atoms with Crippen molar-refractivity contribution in [2.45, 2.75) is 44.7 Å². The number of carboxylic acid groups (broad SMARTS) is 1. The highest BCUT2D eigenvalue weighted by Crippen LogP contribution is 2.33. The lowest BCUT2D eigenvalue weighted by atomic mass is 9.92. The van der Waals surface area contributed by atoms with Crippen LogP contribution in [0.3, 0.4) is 0 Å². The van der Waals surface area contributed by atoms with E-state index in [-0.39, 0.29) is 12.3 Å². The van der Waals surface area contributed by atoms with Crippen LogP contribution >= 0.6 is 0 Å². The summed E-state index contributed by atoms with van der Waals surface area (Å²) in [6.07, 6.45) is 4.42. The van der Waals surface area contributed by atoms with E-state index in [1.165, 1.54) is 0 Å². The second-order valence-electron chi connectivity index (χ2n) is 3.86. The molecule has 3 heteroatoms. The Morgan fingerprint density at radius 1 is 1.58 bits per heavy atom. The predicted molar refractivity (Wildman–Crippen MR) is 43.7 cm³/mol. The number of halogens is 1. The lowest BCUT2D eigenvalue weighted by molar-refractivity contribution is -0.150. The van der Waals surface area contributed by atoms with E-state index >= 15 is 0 Å². The fourth-order valence-corrected chi connectivity index (χ4v) is 1.84. The molecule has 1 fully saturated rings. The molecule has 0 aromatic carbocycles. The predicted octanol–water partition coefficient (Wildman–Crippen LogP) is 2.38. The van der Waals surface area contributed by atoms with E-state index in [1.807, 2.05) is 0 Å². The van der Waals surface area contributed by atoms with Gasteiger partial charge in [0.15, 0.2) is 0 Å². The first-order chi connectivity index (χ1) is 5.52. The summed E-state index contributed by atoms with van der Waals surface area (Å²) in [6.45, 7) is 1.16. The molecule has 0 radical (unpaired) electrons. The van der Waals surface area contributed by atoms with Gasteiger partial charge in [-0.05, 0) is 19.3 Å². The van der Waals surface area contributed by atoms with Gasteiger partial charge in [0.2, 0.25) is 5.67 Å². The van der Waals surface area contributed by atoms with Gasteiger partial charge in [-0.2, -0.15) is 0 Å². The Kier molecular flexibility index (Phi) is 2.70. The lowest BCUT2D eigenvalue weighted by Gasteiger charge is -2.18. The zero-order valence-electron chi connectivity index (χ0n) is 7.35. The second kappa shape index (κ2) is 3.42. The largest absolute Gasteiger partial charge is 0.479 e. The van der Waals surface area contributed by atoms with Crippen LogP contribution in [0.1, 0.15) is 39.0 Å². The summed E-state index contributed by atoms with van der Waals surface area (Å²) in [4.78, 5) is 10.4. The molecule has 1 unspecified atom stereocenters. The van der Waals surface area contributed by atoms with Crippen LogP contribution in [0.5, 0.6) is 0 Å². The molecule has 0 aromatic rings. The highest BCUT2D eigenvalue weighted by molar-refractivity contribution is 5.76. The molecular weight excluding hydrogens is 159 g/mol. The third-order valence-electron chi connectivity index (χ3n) is 2.59. The molecule has 0 heterocycles. The quantitative estimate of drug-likeness (QED) is 0.713. The molecule has 70 valence electrons. The van der Waals surface area contributed by atoms with Gasteiger partial charge in [-0.15, -0.1) is 0 Å². The molecule has 0 amide bonds. The molecule has 1 aliphatic rings. The summed E-state index contributed by atoms with van der Waals surface area (Å²) in [6, 6.07) is 0. The zero-order valence-corrected chi connectivity index (χ0v) is 7.35. The summed E-state index contributed by atoms with van der Waals surface area (Å²) >= 11 is 0. The minimum Gasteiger partial charge on any atom is -0.479 e. The minimum atomic E-state index is -2.02. The first-order valence-corrected chi connectivity index (χ1v) is 4.45. The van der Waals surface area contributed by atoms with Crippen molar-refractivity contribution in [1.29, 1.82) is 0 Å². The van der Waals surface area contributed by atoms with Crippen molar-refractivity contribution in [3.63, 3.8) is 0 Å². The van der Waals surface area contributed by atoms with E-state index in [2.05, 4.69) is 0 Å². The van der Waals surface area contributed by atoms with Gasteiger partial charge in [-0.3, -0.25) is 0 Å². The SMILES string of the molecule is CC(F)(CC1CCCC1)C(=O)O. The summed E-state index contributed by atoms with van der Waals surface area (Å²) in [5, 5.41) is 8.53. The van der Waals surface area contributed by atoms with E-state index in [9.17, 15) is 9.18 Å². The highest BCUT2D eigenvalue weighted by atomic mass is 19.1. The first kappa shape index (κ1) is 9.49. The van der Waals surface area contributed by atoms with Gasteiger partial charge < -0.3 is 5.11 Å². The Balaban J connectivity index is 2.42. The number of aliphatic carboxylic acids is 1. The maximum Gasteiger partial charge on any atom is 0.341 e. The molecule has 2 nitrogen and oxygen atoms in total. The van der Waals surface area contributed by atoms with E-state index in [0.717, 1.165) is 32.6 Å². The monoisotopic (exact) mass is 174 g/mol. The Bertz CT molecular complexity index is 171. The first-order valence-electron chi connectivity index (χ1n) is 4.45. The highest BCUT2D eigenvalue weighted by Gasteiger charge is 2.36. The average molecular weight is 174 g/mol. The molecule has 1 rings (SSSR count).